The Morgan fingerprint density at radius 2 is 0.966 bits per heavy atom. The van der Waals surface area contributed by atoms with Crippen molar-refractivity contribution in [3.8, 4) is 22.6 Å². The molecule has 0 fully saturated rings. The summed E-state index contributed by atoms with van der Waals surface area (Å²) < 4.78 is 6.64. The third-order valence-corrected chi connectivity index (χ3v) is 11.8. The molecule has 0 unspecified atom stereocenters. The van der Waals surface area contributed by atoms with Gasteiger partial charge in [-0.05, 0) is 123 Å². The minimum absolute atomic E-state index is 0.0933. The number of hydrogen-bond donors (Lipinski definition) is 0. The van der Waals surface area contributed by atoms with Crippen LogP contribution in [-0.4, -0.2) is 4.98 Å². The Kier molecular flexibility index (Phi) is 7.80. The summed E-state index contributed by atoms with van der Waals surface area (Å²) in [5.41, 5.74) is 14.2. The highest BCUT2D eigenvalue weighted by molar-refractivity contribution is 6.18. The third-order valence-electron chi connectivity index (χ3n) is 11.8. The first-order valence-corrected chi connectivity index (χ1v) is 19.9. The molecular weight excluding hydrogens is 707 g/mol. The molecular formula is C54H39N3O. The molecule has 0 spiro atoms. The summed E-state index contributed by atoms with van der Waals surface area (Å²) in [6.45, 7) is 4.67. The molecule has 4 heteroatoms. The van der Waals surface area contributed by atoms with Crippen molar-refractivity contribution in [3.05, 3.63) is 211 Å². The molecule has 10 aromatic rings. The Labute approximate surface area is 337 Å². The van der Waals surface area contributed by atoms with E-state index in [0.717, 1.165) is 72.3 Å². The van der Waals surface area contributed by atoms with Crippen LogP contribution in [0.1, 0.15) is 25.0 Å². The van der Waals surface area contributed by atoms with E-state index in [4.69, 9.17) is 9.40 Å². The highest BCUT2D eigenvalue weighted by Gasteiger charge is 2.35. The summed E-state index contributed by atoms with van der Waals surface area (Å²) >= 11 is 0. The summed E-state index contributed by atoms with van der Waals surface area (Å²) in [7, 11) is 0. The number of hydrogen-bond acceptors (Lipinski definition) is 4. The van der Waals surface area contributed by atoms with Gasteiger partial charge >= 0.3 is 0 Å². The van der Waals surface area contributed by atoms with Crippen LogP contribution < -0.4 is 9.80 Å². The number of para-hydroxylation sites is 2. The molecule has 4 nitrogen and oxygen atoms in total. The van der Waals surface area contributed by atoms with Crippen LogP contribution >= 0.6 is 0 Å². The van der Waals surface area contributed by atoms with Crippen molar-refractivity contribution in [3.63, 3.8) is 0 Å². The topological polar surface area (TPSA) is 32.5 Å². The van der Waals surface area contributed by atoms with Gasteiger partial charge in [0.2, 0.25) is 5.89 Å². The van der Waals surface area contributed by atoms with Gasteiger partial charge in [0.15, 0.2) is 5.58 Å². The smallest absolute Gasteiger partial charge is 0.227 e. The first-order chi connectivity index (χ1) is 28.5. The van der Waals surface area contributed by atoms with Gasteiger partial charge in [0.25, 0.3) is 0 Å². The zero-order valence-electron chi connectivity index (χ0n) is 32.3. The van der Waals surface area contributed by atoms with Gasteiger partial charge in [-0.15, -0.1) is 0 Å². The van der Waals surface area contributed by atoms with Crippen LogP contribution in [0, 0.1) is 0 Å². The van der Waals surface area contributed by atoms with E-state index in [1.54, 1.807) is 0 Å². The van der Waals surface area contributed by atoms with Crippen molar-refractivity contribution in [2.24, 2.45) is 0 Å². The second-order valence-electron chi connectivity index (χ2n) is 15.6. The molecule has 9 aromatic carbocycles. The van der Waals surface area contributed by atoms with Crippen molar-refractivity contribution >= 4 is 66.8 Å². The quantitative estimate of drug-likeness (QED) is 0.152. The Bertz CT molecular complexity index is 3110. The van der Waals surface area contributed by atoms with E-state index in [0.29, 0.717) is 5.89 Å². The maximum atomic E-state index is 6.64. The number of anilines is 6. The number of nitrogens with zero attached hydrogens (tertiary/aromatic N) is 3. The van der Waals surface area contributed by atoms with Gasteiger partial charge < -0.3 is 14.2 Å². The fourth-order valence-corrected chi connectivity index (χ4v) is 9.02. The average molecular weight is 746 g/mol. The maximum Gasteiger partial charge on any atom is 0.227 e. The number of aromatic nitrogens is 1. The summed E-state index contributed by atoms with van der Waals surface area (Å²) in [6, 6.07) is 71.5. The molecule has 0 saturated heterocycles. The SMILES string of the molecule is CC1(C)c2ccccc2-c2cc(N(c3cccc(N(c4ccccc4)c4ccccc4)c3)c3ccc4ccc5ccc6nc(-c7ccccc7)oc6c5c4c3)ccc21. The molecule has 11 rings (SSSR count). The van der Waals surface area contributed by atoms with Crippen LogP contribution in [0.2, 0.25) is 0 Å². The first-order valence-electron chi connectivity index (χ1n) is 19.9. The lowest BCUT2D eigenvalue weighted by molar-refractivity contribution is 0.623. The van der Waals surface area contributed by atoms with Crippen molar-refractivity contribution in [1.29, 1.82) is 0 Å². The summed E-state index contributed by atoms with van der Waals surface area (Å²) in [5.74, 6) is 0.623. The molecule has 1 heterocycles. The van der Waals surface area contributed by atoms with Gasteiger partial charge in [0.05, 0.1) is 0 Å². The highest BCUT2D eigenvalue weighted by atomic mass is 16.3. The molecule has 0 N–H and O–H groups in total. The van der Waals surface area contributed by atoms with Crippen LogP contribution in [0.3, 0.4) is 0 Å². The van der Waals surface area contributed by atoms with Crippen LogP contribution in [-0.2, 0) is 5.41 Å². The van der Waals surface area contributed by atoms with E-state index in [1.807, 2.05) is 30.3 Å². The zero-order valence-corrected chi connectivity index (χ0v) is 32.3. The lowest BCUT2D eigenvalue weighted by Crippen LogP contribution is -2.15. The Balaban J connectivity index is 1.14. The van der Waals surface area contributed by atoms with Crippen molar-refractivity contribution < 1.29 is 4.42 Å². The lowest BCUT2D eigenvalue weighted by atomic mass is 9.82. The summed E-state index contributed by atoms with van der Waals surface area (Å²) in [6.07, 6.45) is 0. The maximum absolute atomic E-state index is 6.64. The molecule has 0 saturated carbocycles. The van der Waals surface area contributed by atoms with Crippen LogP contribution in [0.4, 0.5) is 34.1 Å². The standard InChI is InChI=1S/C54H39N3O/c1-54(2)48-24-13-12-23-45(48)47-35-44(30-31-49(47)54)57(42-22-14-21-41(33-42)56(39-17-8-4-9-18-39)40-19-10-5-11-20-40)43-29-27-36-25-26-37-28-32-50-52(51(37)46(36)34-43)58-53(55-50)38-15-6-3-7-16-38/h3-35H,1-2H3. The highest BCUT2D eigenvalue weighted by Crippen LogP contribution is 2.51. The molecule has 1 aromatic heterocycles. The second kappa shape index (κ2) is 13.4. The lowest BCUT2D eigenvalue weighted by Gasteiger charge is -2.30. The van der Waals surface area contributed by atoms with E-state index in [-0.39, 0.29) is 5.41 Å². The predicted molar refractivity (Wildman–Crippen MR) is 241 cm³/mol. The zero-order chi connectivity index (χ0) is 38.8. The van der Waals surface area contributed by atoms with E-state index in [2.05, 4.69) is 194 Å². The molecule has 0 radical (unpaired) electrons. The van der Waals surface area contributed by atoms with E-state index < -0.39 is 0 Å². The van der Waals surface area contributed by atoms with E-state index in [9.17, 15) is 0 Å². The van der Waals surface area contributed by atoms with Gasteiger partial charge in [-0.3, -0.25) is 0 Å². The number of benzene rings is 9. The molecule has 276 valence electrons. The van der Waals surface area contributed by atoms with Crippen LogP contribution in [0.5, 0.6) is 0 Å². The summed E-state index contributed by atoms with van der Waals surface area (Å²) in [5, 5.41) is 4.42. The fourth-order valence-electron chi connectivity index (χ4n) is 9.02. The Morgan fingerprint density at radius 3 is 1.71 bits per heavy atom. The molecule has 0 atom stereocenters. The van der Waals surface area contributed by atoms with Crippen LogP contribution in [0.25, 0.3) is 55.2 Å². The Morgan fingerprint density at radius 1 is 0.431 bits per heavy atom. The van der Waals surface area contributed by atoms with Gasteiger partial charge in [-0.25, -0.2) is 4.98 Å². The van der Waals surface area contributed by atoms with Crippen molar-refractivity contribution in [1.82, 2.24) is 4.98 Å². The normalized spacial score (nSPS) is 12.8. The Hall–Kier alpha value is -7.43. The summed E-state index contributed by atoms with van der Waals surface area (Å²) in [4.78, 5) is 9.67. The van der Waals surface area contributed by atoms with Gasteiger partial charge in [-0.1, -0.05) is 129 Å². The van der Waals surface area contributed by atoms with E-state index in [1.165, 1.54) is 22.3 Å². The first kappa shape index (κ1) is 33.9. The molecule has 0 amide bonds. The van der Waals surface area contributed by atoms with E-state index >= 15 is 0 Å². The fraction of sp³-hybridized carbons (Fsp3) is 0.0556. The number of rotatable bonds is 7. The average Bonchev–Trinajstić information content (AvgIpc) is 3.81. The largest absolute Gasteiger partial charge is 0.435 e. The van der Waals surface area contributed by atoms with Gasteiger partial charge in [0, 0.05) is 50.5 Å². The van der Waals surface area contributed by atoms with Crippen molar-refractivity contribution in [2.75, 3.05) is 9.80 Å². The molecule has 58 heavy (non-hydrogen) atoms. The number of fused-ring (bicyclic) bond motifs is 8. The molecule has 1 aliphatic rings. The molecule has 0 bridgehead atoms. The number of oxazole rings is 1. The second-order valence-corrected chi connectivity index (χ2v) is 15.6. The van der Waals surface area contributed by atoms with Crippen molar-refractivity contribution in [2.45, 2.75) is 19.3 Å². The monoisotopic (exact) mass is 745 g/mol. The molecule has 0 aliphatic heterocycles. The van der Waals surface area contributed by atoms with Gasteiger partial charge in [0.1, 0.15) is 5.52 Å². The predicted octanol–water partition coefficient (Wildman–Crippen LogP) is 15.0. The van der Waals surface area contributed by atoms with Crippen LogP contribution in [0.15, 0.2) is 205 Å². The molecule has 1 aliphatic carbocycles. The minimum atomic E-state index is -0.0933. The minimum Gasteiger partial charge on any atom is -0.435 e. The third kappa shape index (κ3) is 5.48. The van der Waals surface area contributed by atoms with Gasteiger partial charge in [-0.2, -0.15) is 0 Å².